The Balaban J connectivity index is 2.37. The van der Waals surface area contributed by atoms with Gasteiger partial charge in [0.05, 0.1) is 16.2 Å². The van der Waals surface area contributed by atoms with Gasteiger partial charge in [-0.05, 0) is 19.0 Å². The maximum Gasteiger partial charge on any atom is 0.270 e. The highest BCUT2D eigenvalue weighted by Gasteiger charge is 2.19. The van der Waals surface area contributed by atoms with Crippen LogP contribution in [0.5, 0.6) is 0 Å². The smallest absolute Gasteiger partial charge is 0.270 e. The molecule has 7 heteroatoms. The summed E-state index contributed by atoms with van der Waals surface area (Å²) in [5, 5.41) is 14.0. The molecule has 0 unspecified atom stereocenters. The lowest BCUT2D eigenvalue weighted by Crippen LogP contribution is -2.30. The second kappa shape index (κ2) is 5.66. The number of rotatable bonds is 3. The number of nitrogens with two attached hydrogens (primary N) is 1. The molecular formula is C12H16N4O3. The molecule has 0 aliphatic carbocycles. The van der Waals surface area contributed by atoms with Gasteiger partial charge < -0.3 is 16.0 Å². The SMILES string of the molecule is NC(=O)c1cc([N+](=O)[O-])ccc1N1CCCNCC1. The van der Waals surface area contributed by atoms with Crippen LogP contribution in [0.25, 0.3) is 0 Å². The van der Waals surface area contributed by atoms with Gasteiger partial charge in [-0.3, -0.25) is 14.9 Å². The number of carbonyl (C=O) groups excluding carboxylic acids is 1. The monoisotopic (exact) mass is 264 g/mol. The predicted octanol–water partition coefficient (Wildman–Crippen LogP) is 0.493. The minimum Gasteiger partial charge on any atom is -0.370 e. The van der Waals surface area contributed by atoms with Crippen LogP contribution in [0.4, 0.5) is 11.4 Å². The zero-order chi connectivity index (χ0) is 13.8. The number of amides is 1. The number of benzene rings is 1. The molecular weight excluding hydrogens is 248 g/mol. The molecule has 19 heavy (non-hydrogen) atoms. The van der Waals surface area contributed by atoms with Crippen molar-refractivity contribution in [3.63, 3.8) is 0 Å². The topological polar surface area (TPSA) is 102 Å². The zero-order valence-corrected chi connectivity index (χ0v) is 10.5. The highest BCUT2D eigenvalue weighted by atomic mass is 16.6. The summed E-state index contributed by atoms with van der Waals surface area (Å²) in [4.78, 5) is 23.7. The maximum atomic E-state index is 11.5. The van der Waals surface area contributed by atoms with Gasteiger partial charge in [-0.25, -0.2) is 0 Å². The van der Waals surface area contributed by atoms with E-state index in [0.717, 1.165) is 32.6 Å². The molecule has 0 atom stereocenters. The van der Waals surface area contributed by atoms with E-state index in [2.05, 4.69) is 5.32 Å². The molecule has 102 valence electrons. The van der Waals surface area contributed by atoms with E-state index in [4.69, 9.17) is 5.73 Å². The molecule has 1 amide bonds. The fourth-order valence-electron chi connectivity index (χ4n) is 2.20. The minimum absolute atomic E-state index is 0.120. The molecule has 1 aromatic rings. The van der Waals surface area contributed by atoms with Gasteiger partial charge >= 0.3 is 0 Å². The van der Waals surface area contributed by atoms with Gasteiger partial charge in [0, 0.05) is 31.8 Å². The number of nitrogens with zero attached hydrogens (tertiary/aromatic N) is 2. The Kier molecular flexibility index (Phi) is 3.96. The lowest BCUT2D eigenvalue weighted by Gasteiger charge is -2.24. The molecule has 1 aliphatic heterocycles. The molecule has 3 N–H and O–H groups in total. The molecule has 0 radical (unpaired) electrons. The predicted molar refractivity (Wildman–Crippen MR) is 71.3 cm³/mol. The second-order valence-electron chi connectivity index (χ2n) is 4.41. The number of hydrogen-bond donors (Lipinski definition) is 2. The van der Waals surface area contributed by atoms with Crippen molar-refractivity contribution in [2.24, 2.45) is 5.73 Å². The third kappa shape index (κ3) is 3.00. The molecule has 0 saturated carbocycles. The number of carbonyl (C=O) groups is 1. The van der Waals surface area contributed by atoms with Gasteiger partial charge in [0.2, 0.25) is 0 Å². The van der Waals surface area contributed by atoms with Gasteiger partial charge in [-0.1, -0.05) is 0 Å². The van der Waals surface area contributed by atoms with E-state index < -0.39 is 10.8 Å². The van der Waals surface area contributed by atoms with Crippen molar-refractivity contribution in [2.45, 2.75) is 6.42 Å². The van der Waals surface area contributed by atoms with Crippen molar-refractivity contribution in [3.8, 4) is 0 Å². The molecule has 0 bridgehead atoms. The first-order valence-corrected chi connectivity index (χ1v) is 6.13. The lowest BCUT2D eigenvalue weighted by molar-refractivity contribution is -0.384. The van der Waals surface area contributed by atoms with E-state index in [1.807, 2.05) is 4.90 Å². The molecule has 2 rings (SSSR count). The number of primary amides is 1. The van der Waals surface area contributed by atoms with E-state index in [-0.39, 0.29) is 11.3 Å². The van der Waals surface area contributed by atoms with Gasteiger partial charge in [0.25, 0.3) is 11.6 Å². The summed E-state index contributed by atoms with van der Waals surface area (Å²) in [5.74, 6) is -0.643. The average Bonchev–Trinajstić information content (AvgIpc) is 2.66. The van der Waals surface area contributed by atoms with E-state index in [0.29, 0.717) is 5.69 Å². The second-order valence-corrected chi connectivity index (χ2v) is 4.41. The molecule has 1 aromatic carbocycles. The fraction of sp³-hybridized carbons (Fsp3) is 0.417. The molecule has 7 nitrogen and oxygen atoms in total. The number of nitro groups is 1. The van der Waals surface area contributed by atoms with Crippen LogP contribution in [0.1, 0.15) is 16.8 Å². The Morgan fingerprint density at radius 1 is 1.37 bits per heavy atom. The number of anilines is 1. The van der Waals surface area contributed by atoms with Gasteiger partial charge in [-0.15, -0.1) is 0 Å². The van der Waals surface area contributed by atoms with E-state index in [9.17, 15) is 14.9 Å². The summed E-state index contributed by atoms with van der Waals surface area (Å²) in [6.45, 7) is 3.29. The Morgan fingerprint density at radius 2 is 2.16 bits per heavy atom. The van der Waals surface area contributed by atoms with Crippen LogP contribution in [0, 0.1) is 10.1 Å². The fourth-order valence-corrected chi connectivity index (χ4v) is 2.20. The van der Waals surface area contributed by atoms with Gasteiger partial charge in [0.15, 0.2) is 0 Å². The Bertz CT molecular complexity index is 496. The van der Waals surface area contributed by atoms with E-state index in [1.54, 1.807) is 6.07 Å². The summed E-state index contributed by atoms with van der Waals surface area (Å²) in [5.41, 5.74) is 6.08. The number of nitro benzene ring substituents is 1. The summed E-state index contributed by atoms with van der Waals surface area (Å²) >= 11 is 0. The van der Waals surface area contributed by atoms with Crippen LogP contribution in [-0.4, -0.2) is 37.0 Å². The molecule has 0 spiro atoms. The Labute approximate surface area is 110 Å². The van der Waals surface area contributed by atoms with Crippen LogP contribution in [0.2, 0.25) is 0 Å². The van der Waals surface area contributed by atoms with Gasteiger partial charge in [-0.2, -0.15) is 0 Å². The van der Waals surface area contributed by atoms with Crippen LogP contribution >= 0.6 is 0 Å². The van der Waals surface area contributed by atoms with Crippen molar-refractivity contribution in [2.75, 3.05) is 31.1 Å². The Hall–Kier alpha value is -2.15. The normalized spacial score (nSPS) is 15.9. The van der Waals surface area contributed by atoms with Crippen LogP contribution in [-0.2, 0) is 0 Å². The molecule has 1 saturated heterocycles. The average molecular weight is 264 g/mol. The lowest BCUT2D eigenvalue weighted by atomic mass is 10.1. The van der Waals surface area contributed by atoms with Gasteiger partial charge in [0.1, 0.15) is 0 Å². The third-order valence-electron chi connectivity index (χ3n) is 3.14. The molecule has 1 fully saturated rings. The van der Waals surface area contributed by atoms with E-state index in [1.165, 1.54) is 12.1 Å². The van der Waals surface area contributed by atoms with Crippen molar-refractivity contribution in [1.29, 1.82) is 0 Å². The number of hydrogen-bond acceptors (Lipinski definition) is 5. The van der Waals surface area contributed by atoms with Crippen molar-refractivity contribution >= 4 is 17.3 Å². The number of nitrogens with one attached hydrogen (secondary N) is 1. The number of non-ortho nitro benzene ring substituents is 1. The summed E-state index contributed by atoms with van der Waals surface area (Å²) in [7, 11) is 0. The van der Waals surface area contributed by atoms with Crippen molar-refractivity contribution in [1.82, 2.24) is 5.32 Å². The first kappa shape index (κ1) is 13.3. The van der Waals surface area contributed by atoms with Crippen LogP contribution in [0.3, 0.4) is 0 Å². The standard InChI is InChI=1S/C12H16N4O3/c13-12(17)10-8-9(16(18)19)2-3-11(10)15-6-1-4-14-5-7-15/h2-3,8,14H,1,4-7H2,(H2,13,17). The molecule has 0 aromatic heterocycles. The largest absolute Gasteiger partial charge is 0.370 e. The third-order valence-corrected chi connectivity index (χ3v) is 3.14. The quantitative estimate of drug-likeness (QED) is 0.611. The van der Waals surface area contributed by atoms with E-state index >= 15 is 0 Å². The zero-order valence-electron chi connectivity index (χ0n) is 10.5. The first-order valence-electron chi connectivity index (χ1n) is 6.13. The minimum atomic E-state index is -0.643. The summed E-state index contributed by atoms with van der Waals surface area (Å²) in [6.07, 6.45) is 0.954. The highest BCUT2D eigenvalue weighted by molar-refractivity contribution is 5.99. The molecule has 1 aliphatic rings. The highest BCUT2D eigenvalue weighted by Crippen LogP contribution is 2.25. The van der Waals surface area contributed by atoms with Crippen LogP contribution in [0.15, 0.2) is 18.2 Å². The van der Waals surface area contributed by atoms with Crippen molar-refractivity contribution < 1.29 is 9.72 Å². The van der Waals surface area contributed by atoms with Crippen LogP contribution < -0.4 is 16.0 Å². The summed E-state index contributed by atoms with van der Waals surface area (Å²) in [6, 6.07) is 4.25. The summed E-state index contributed by atoms with van der Waals surface area (Å²) < 4.78 is 0. The van der Waals surface area contributed by atoms with Crippen molar-refractivity contribution in [3.05, 3.63) is 33.9 Å². The Morgan fingerprint density at radius 3 is 2.84 bits per heavy atom. The molecule has 1 heterocycles. The first-order chi connectivity index (χ1) is 9.09. The maximum absolute atomic E-state index is 11.5.